The number of carbonyl (C=O) groups excluding carboxylic acids is 1. The molecule has 3 aromatic rings. The van der Waals surface area contributed by atoms with Crippen LogP contribution in [-0.2, 0) is 10.3 Å². The maximum Gasteiger partial charge on any atom is 0.265 e. The fourth-order valence-corrected chi connectivity index (χ4v) is 5.28. The predicted octanol–water partition coefficient (Wildman–Crippen LogP) is 5.40. The van der Waals surface area contributed by atoms with Crippen molar-refractivity contribution >= 4 is 11.7 Å². The number of amidine groups is 1. The van der Waals surface area contributed by atoms with Gasteiger partial charge in [-0.2, -0.15) is 0 Å². The van der Waals surface area contributed by atoms with E-state index in [2.05, 4.69) is 4.90 Å². The molecule has 2 aliphatic heterocycles. The van der Waals surface area contributed by atoms with Gasteiger partial charge in [-0.25, -0.2) is 13.8 Å². The summed E-state index contributed by atoms with van der Waals surface area (Å²) in [5.74, 6) is 0.541. The van der Waals surface area contributed by atoms with Crippen molar-refractivity contribution in [3.05, 3.63) is 102 Å². The highest BCUT2D eigenvalue weighted by atomic mass is 19.1. The van der Waals surface area contributed by atoms with Crippen LogP contribution in [0.5, 0.6) is 5.75 Å². The molecule has 0 atom stereocenters. The Hall–Kier alpha value is -3.58. The summed E-state index contributed by atoms with van der Waals surface area (Å²) >= 11 is 0. The quantitative estimate of drug-likeness (QED) is 0.413. The third-order valence-corrected chi connectivity index (χ3v) is 7.24. The Labute approximate surface area is 216 Å². The van der Waals surface area contributed by atoms with E-state index in [1.807, 2.05) is 37.3 Å². The molecule has 0 aliphatic carbocycles. The Balaban J connectivity index is 1.23. The van der Waals surface area contributed by atoms with Gasteiger partial charge >= 0.3 is 0 Å². The van der Waals surface area contributed by atoms with Crippen molar-refractivity contribution in [3.63, 3.8) is 0 Å². The second-order valence-corrected chi connectivity index (χ2v) is 9.67. The Morgan fingerprint density at radius 1 is 0.865 bits per heavy atom. The van der Waals surface area contributed by atoms with Gasteiger partial charge < -0.3 is 9.64 Å². The van der Waals surface area contributed by atoms with Crippen molar-refractivity contribution in [2.45, 2.75) is 37.8 Å². The number of likely N-dealkylation sites (tertiary alicyclic amines) is 1. The molecule has 0 unspecified atom stereocenters. The van der Waals surface area contributed by atoms with E-state index in [-0.39, 0.29) is 23.6 Å². The number of halogens is 2. The number of rotatable bonds is 8. The fourth-order valence-electron chi connectivity index (χ4n) is 5.28. The Bertz CT molecular complexity index is 1190. The van der Waals surface area contributed by atoms with Crippen molar-refractivity contribution in [3.8, 4) is 5.75 Å². The highest BCUT2D eigenvalue weighted by Gasteiger charge is 2.49. The van der Waals surface area contributed by atoms with E-state index in [1.165, 1.54) is 24.3 Å². The monoisotopic (exact) mass is 503 g/mol. The minimum absolute atomic E-state index is 0.196. The summed E-state index contributed by atoms with van der Waals surface area (Å²) in [7, 11) is 0. The Kier molecular flexibility index (Phi) is 7.33. The minimum atomic E-state index is -1.35. The zero-order valence-corrected chi connectivity index (χ0v) is 20.9. The molecule has 2 heterocycles. The fraction of sp³-hybridized carbons (Fsp3) is 0.333. The molecule has 0 radical (unpaired) electrons. The summed E-state index contributed by atoms with van der Waals surface area (Å²) in [5, 5.41) is 0. The third-order valence-electron chi connectivity index (χ3n) is 7.24. The largest absolute Gasteiger partial charge is 0.490 e. The van der Waals surface area contributed by atoms with Crippen LogP contribution in [0.1, 0.15) is 37.3 Å². The standard InChI is InChI=1S/C30H31F2N3O2/c1-22-33-30(23-8-12-25(31)13-9-23,24-10-14-26(32)15-11-24)29(36)35(22)19-5-18-34-20-16-28(17-21-34)37-27-6-3-2-4-7-27/h2-4,6-15,28H,5,16-21H2,1H3. The SMILES string of the molecule is CC1=NC(c2ccc(F)cc2)(c2ccc(F)cc2)C(=O)N1CCCN1CCC(Oc2ccccc2)CC1. The van der Waals surface area contributed by atoms with Crippen LogP contribution in [0.2, 0.25) is 0 Å². The van der Waals surface area contributed by atoms with Crippen LogP contribution in [0.4, 0.5) is 8.78 Å². The average molecular weight is 504 g/mol. The highest BCUT2D eigenvalue weighted by Crippen LogP contribution is 2.40. The molecular weight excluding hydrogens is 472 g/mol. The molecule has 0 spiro atoms. The van der Waals surface area contributed by atoms with Gasteiger partial charge in [0.15, 0.2) is 5.54 Å². The smallest absolute Gasteiger partial charge is 0.265 e. The lowest BCUT2D eigenvalue weighted by Gasteiger charge is -2.32. The summed E-state index contributed by atoms with van der Waals surface area (Å²) in [4.78, 5) is 22.8. The van der Waals surface area contributed by atoms with Gasteiger partial charge in [0, 0.05) is 19.6 Å². The first-order valence-corrected chi connectivity index (χ1v) is 12.8. The van der Waals surface area contributed by atoms with Gasteiger partial charge in [0.2, 0.25) is 0 Å². The highest BCUT2D eigenvalue weighted by molar-refractivity contribution is 6.09. The van der Waals surface area contributed by atoms with Crippen molar-refractivity contribution in [1.82, 2.24) is 9.80 Å². The number of hydrogen-bond donors (Lipinski definition) is 0. The van der Waals surface area contributed by atoms with Crippen LogP contribution in [0.25, 0.3) is 0 Å². The first-order chi connectivity index (χ1) is 18.0. The van der Waals surface area contributed by atoms with Crippen LogP contribution in [0.3, 0.4) is 0 Å². The molecule has 0 saturated carbocycles. The molecule has 5 rings (SSSR count). The average Bonchev–Trinajstić information content (AvgIpc) is 3.17. The van der Waals surface area contributed by atoms with Gasteiger partial charge in [0.1, 0.15) is 29.3 Å². The van der Waals surface area contributed by atoms with Gasteiger partial charge in [-0.1, -0.05) is 42.5 Å². The van der Waals surface area contributed by atoms with E-state index in [4.69, 9.17) is 9.73 Å². The van der Waals surface area contributed by atoms with Gasteiger partial charge in [-0.15, -0.1) is 0 Å². The Morgan fingerprint density at radius 2 is 1.43 bits per heavy atom. The van der Waals surface area contributed by atoms with Crippen LogP contribution in [0.15, 0.2) is 83.9 Å². The van der Waals surface area contributed by atoms with Gasteiger partial charge in [-0.05, 0) is 80.3 Å². The van der Waals surface area contributed by atoms with E-state index in [0.717, 1.165) is 44.6 Å². The van der Waals surface area contributed by atoms with Crippen molar-refractivity contribution in [2.75, 3.05) is 26.2 Å². The summed E-state index contributed by atoms with van der Waals surface area (Å²) in [6, 6.07) is 21.6. The first kappa shape index (κ1) is 25.1. The van der Waals surface area contributed by atoms with Gasteiger partial charge in [0.25, 0.3) is 5.91 Å². The van der Waals surface area contributed by atoms with E-state index >= 15 is 0 Å². The van der Waals surface area contributed by atoms with Gasteiger partial charge in [-0.3, -0.25) is 9.69 Å². The molecule has 192 valence electrons. The molecule has 0 aromatic heterocycles. The molecule has 1 saturated heterocycles. The molecule has 0 N–H and O–H groups in total. The summed E-state index contributed by atoms with van der Waals surface area (Å²) in [5.41, 5.74) is -0.223. The number of benzene rings is 3. The molecular formula is C30H31F2N3O2. The van der Waals surface area contributed by atoms with Crippen molar-refractivity contribution < 1.29 is 18.3 Å². The van der Waals surface area contributed by atoms with E-state index in [0.29, 0.717) is 23.5 Å². The van der Waals surface area contributed by atoms with E-state index in [1.54, 1.807) is 29.2 Å². The zero-order valence-electron chi connectivity index (χ0n) is 20.9. The maximum absolute atomic E-state index is 13.9. The van der Waals surface area contributed by atoms with Crippen LogP contribution >= 0.6 is 0 Å². The molecule has 37 heavy (non-hydrogen) atoms. The summed E-state index contributed by atoms with van der Waals surface area (Å²) in [6.45, 7) is 5.12. The topological polar surface area (TPSA) is 45.1 Å². The van der Waals surface area contributed by atoms with Crippen LogP contribution in [0, 0.1) is 11.6 Å². The first-order valence-electron chi connectivity index (χ1n) is 12.8. The van der Waals surface area contributed by atoms with Crippen molar-refractivity contribution in [2.24, 2.45) is 4.99 Å². The number of amides is 1. The van der Waals surface area contributed by atoms with Crippen molar-refractivity contribution in [1.29, 1.82) is 0 Å². The van der Waals surface area contributed by atoms with E-state index < -0.39 is 5.54 Å². The number of nitrogens with zero attached hydrogens (tertiary/aromatic N) is 3. The second-order valence-electron chi connectivity index (χ2n) is 9.67. The molecule has 7 heteroatoms. The number of piperidine rings is 1. The summed E-state index contributed by atoms with van der Waals surface area (Å²) in [6.07, 6.45) is 2.96. The lowest BCUT2D eigenvalue weighted by Crippen LogP contribution is -2.43. The normalized spacial score (nSPS) is 18.2. The Morgan fingerprint density at radius 3 is 2.00 bits per heavy atom. The molecule has 0 bridgehead atoms. The number of para-hydroxylation sites is 1. The lowest BCUT2D eigenvalue weighted by atomic mass is 9.82. The zero-order chi connectivity index (χ0) is 25.8. The number of carbonyl (C=O) groups is 1. The molecule has 5 nitrogen and oxygen atoms in total. The molecule has 1 fully saturated rings. The van der Waals surface area contributed by atoms with Gasteiger partial charge in [0.05, 0.1) is 0 Å². The predicted molar refractivity (Wildman–Crippen MR) is 140 cm³/mol. The van der Waals surface area contributed by atoms with Crippen LogP contribution in [-0.4, -0.2) is 53.8 Å². The minimum Gasteiger partial charge on any atom is -0.490 e. The summed E-state index contributed by atoms with van der Waals surface area (Å²) < 4.78 is 33.5. The van der Waals surface area contributed by atoms with E-state index in [9.17, 15) is 13.6 Å². The second kappa shape index (κ2) is 10.8. The molecule has 3 aromatic carbocycles. The number of ether oxygens (including phenoxy) is 1. The third kappa shape index (κ3) is 5.27. The number of aliphatic imine (C=N–C) groups is 1. The maximum atomic E-state index is 13.9. The molecule has 1 amide bonds. The molecule has 2 aliphatic rings. The van der Waals surface area contributed by atoms with Crippen LogP contribution < -0.4 is 4.74 Å². The number of hydrogen-bond acceptors (Lipinski definition) is 4. The lowest BCUT2D eigenvalue weighted by molar-refractivity contribution is -0.130.